The Balaban J connectivity index is 2.88. The van der Waals surface area contributed by atoms with Crippen LogP contribution >= 0.6 is 0 Å². The van der Waals surface area contributed by atoms with Gasteiger partial charge >= 0.3 is 6.18 Å². The molecule has 0 aliphatic heterocycles. The van der Waals surface area contributed by atoms with Crippen molar-refractivity contribution < 1.29 is 13.2 Å². The Kier molecular flexibility index (Phi) is 4.75. The summed E-state index contributed by atoms with van der Waals surface area (Å²) < 4.78 is 37.3. The molecule has 0 unspecified atom stereocenters. The number of alkyl halides is 3. The van der Waals surface area contributed by atoms with Gasteiger partial charge in [-0.05, 0) is 12.5 Å². The molecule has 0 bridgehead atoms. The predicted octanol–water partition coefficient (Wildman–Crippen LogP) is 2.37. The van der Waals surface area contributed by atoms with Crippen LogP contribution in [-0.4, -0.2) is 29.4 Å². The highest BCUT2D eigenvalue weighted by molar-refractivity contribution is 5.97. The number of nitrogens with one attached hydrogen (secondary N) is 1. The molecule has 0 fully saturated rings. The Labute approximate surface area is 102 Å². The zero-order valence-electron chi connectivity index (χ0n) is 9.86. The van der Waals surface area contributed by atoms with Gasteiger partial charge in [-0.2, -0.15) is 18.3 Å². The molecule has 98 valence electrons. The zero-order chi connectivity index (χ0) is 13.6. The second kappa shape index (κ2) is 6.08. The van der Waals surface area contributed by atoms with Gasteiger partial charge in [0.05, 0.1) is 11.8 Å². The van der Waals surface area contributed by atoms with E-state index in [1.807, 2.05) is 6.92 Å². The highest BCUT2D eigenvalue weighted by Crippen LogP contribution is 2.29. The van der Waals surface area contributed by atoms with Crippen molar-refractivity contribution in [2.45, 2.75) is 19.5 Å². The van der Waals surface area contributed by atoms with Crippen LogP contribution in [0.1, 0.15) is 18.9 Å². The molecule has 0 aromatic carbocycles. The molecule has 0 saturated carbocycles. The van der Waals surface area contributed by atoms with Gasteiger partial charge < -0.3 is 5.32 Å². The minimum absolute atomic E-state index is 0.0568. The minimum Gasteiger partial charge on any atom is -0.308 e. The number of halogens is 3. The van der Waals surface area contributed by atoms with Crippen LogP contribution in [0.25, 0.3) is 0 Å². The number of nitrogens with zero attached hydrogens (tertiary/aromatic N) is 4. The van der Waals surface area contributed by atoms with Gasteiger partial charge in [0, 0.05) is 13.3 Å². The Morgan fingerprint density at radius 2 is 2.22 bits per heavy atom. The van der Waals surface area contributed by atoms with Gasteiger partial charge in [-0.15, -0.1) is 5.10 Å². The van der Waals surface area contributed by atoms with Crippen molar-refractivity contribution in [1.29, 1.82) is 0 Å². The molecule has 0 atom stereocenters. The van der Waals surface area contributed by atoms with Crippen LogP contribution in [0.3, 0.4) is 0 Å². The number of hydrogen-bond acceptors (Lipinski definition) is 3. The van der Waals surface area contributed by atoms with Crippen molar-refractivity contribution in [3.8, 4) is 0 Å². The number of rotatable bonds is 2. The third-order valence-electron chi connectivity index (χ3n) is 1.83. The molecule has 1 heterocycles. The van der Waals surface area contributed by atoms with E-state index < -0.39 is 11.7 Å². The number of aromatic nitrogens is 2. The molecule has 5 nitrogen and oxygen atoms in total. The van der Waals surface area contributed by atoms with E-state index >= 15 is 0 Å². The predicted molar refractivity (Wildman–Crippen MR) is 62.8 cm³/mol. The zero-order valence-corrected chi connectivity index (χ0v) is 9.86. The Bertz CT molecular complexity index is 453. The van der Waals surface area contributed by atoms with Crippen molar-refractivity contribution in [3.05, 3.63) is 17.8 Å². The van der Waals surface area contributed by atoms with E-state index in [1.165, 1.54) is 7.05 Å². The van der Waals surface area contributed by atoms with E-state index in [0.29, 0.717) is 12.6 Å². The van der Waals surface area contributed by atoms with Crippen LogP contribution in [0.4, 0.5) is 19.0 Å². The molecule has 1 aromatic heterocycles. The van der Waals surface area contributed by atoms with Crippen molar-refractivity contribution in [2.75, 3.05) is 12.4 Å². The fraction of sp³-hybridized carbons (Fsp3) is 0.400. The summed E-state index contributed by atoms with van der Waals surface area (Å²) >= 11 is 0. The first kappa shape index (κ1) is 14.1. The molecule has 0 aliphatic carbocycles. The minimum atomic E-state index is -4.46. The van der Waals surface area contributed by atoms with Gasteiger partial charge in [0.25, 0.3) is 0 Å². The first-order chi connectivity index (χ1) is 8.47. The number of anilines is 1. The average molecular weight is 259 g/mol. The largest absolute Gasteiger partial charge is 0.418 e. The fourth-order valence-electron chi connectivity index (χ4n) is 1.02. The highest BCUT2D eigenvalue weighted by Gasteiger charge is 2.31. The Hall–Kier alpha value is -1.99. The molecule has 0 saturated heterocycles. The number of guanidine groups is 1. The molecule has 8 heteroatoms. The lowest BCUT2D eigenvalue weighted by atomic mass is 10.3. The summed E-state index contributed by atoms with van der Waals surface area (Å²) in [7, 11) is 1.47. The average Bonchev–Trinajstić information content (AvgIpc) is 2.33. The maximum absolute atomic E-state index is 12.4. The maximum Gasteiger partial charge on any atom is 0.418 e. The van der Waals surface area contributed by atoms with Crippen LogP contribution in [0.5, 0.6) is 0 Å². The van der Waals surface area contributed by atoms with Crippen LogP contribution in [0, 0.1) is 0 Å². The van der Waals surface area contributed by atoms with Crippen LogP contribution in [0.15, 0.2) is 22.2 Å². The van der Waals surface area contributed by atoms with Crippen LogP contribution < -0.4 is 5.32 Å². The SMILES string of the molecule is CC/C=N\C(=NC)Nc1cc(C(F)(F)F)cnn1. The summed E-state index contributed by atoms with van der Waals surface area (Å²) in [5.74, 6) is 0.115. The Morgan fingerprint density at radius 3 is 2.78 bits per heavy atom. The normalized spacial score (nSPS) is 13.1. The van der Waals surface area contributed by atoms with E-state index in [4.69, 9.17) is 0 Å². The summed E-state index contributed by atoms with van der Waals surface area (Å²) in [4.78, 5) is 7.68. The first-order valence-electron chi connectivity index (χ1n) is 5.13. The van der Waals surface area contributed by atoms with Crippen molar-refractivity contribution >= 4 is 18.0 Å². The van der Waals surface area contributed by atoms with Crippen LogP contribution in [-0.2, 0) is 6.18 Å². The number of hydrogen-bond donors (Lipinski definition) is 1. The van der Waals surface area contributed by atoms with Gasteiger partial charge in [-0.3, -0.25) is 4.99 Å². The van der Waals surface area contributed by atoms with Crippen molar-refractivity contribution in [1.82, 2.24) is 10.2 Å². The maximum atomic E-state index is 12.4. The molecular weight excluding hydrogens is 247 g/mol. The van der Waals surface area contributed by atoms with E-state index in [0.717, 1.165) is 6.07 Å². The lowest BCUT2D eigenvalue weighted by Crippen LogP contribution is -2.13. The highest BCUT2D eigenvalue weighted by atomic mass is 19.4. The lowest BCUT2D eigenvalue weighted by Gasteiger charge is -2.08. The summed E-state index contributed by atoms with van der Waals surface area (Å²) in [5, 5.41) is 9.37. The summed E-state index contributed by atoms with van der Waals surface area (Å²) in [6, 6.07) is 0.847. The number of aliphatic imine (C=N–C) groups is 2. The van der Waals surface area contributed by atoms with E-state index in [9.17, 15) is 13.2 Å². The second-order valence-electron chi connectivity index (χ2n) is 3.22. The second-order valence-corrected chi connectivity index (χ2v) is 3.22. The van der Waals surface area contributed by atoms with Crippen molar-refractivity contribution in [2.24, 2.45) is 9.98 Å². The van der Waals surface area contributed by atoms with Gasteiger partial charge in [0.1, 0.15) is 0 Å². The molecule has 18 heavy (non-hydrogen) atoms. The lowest BCUT2D eigenvalue weighted by molar-refractivity contribution is -0.137. The molecule has 0 radical (unpaired) electrons. The van der Waals surface area contributed by atoms with Gasteiger partial charge in [-0.1, -0.05) is 6.92 Å². The summed E-state index contributed by atoms with van der Waals surface area (Å²) in [5.41, 5.74) is -0.880. The smallest absolute Gasteiger partial charge is 0.308 e. The van der Waals surface area contributed by atoms with Gasteiger partial charge in [0.2, 0.25) is 5.96 Å². The first-order valence-corrected chi connectivity index (χ1v) is 5.13. The monoisotopic (exact) mass is 259 g/mol. The standard InChI is InChI=1S/C10H12F3N5/c1-3-4-15-9(14-2)17-8-5-7(6-16-18-8)10(11,12)13/h4-6H,3H2,1-2H3,(H,14,17,18)/b15-4-. The van der Waals surface area contributed by atoms with Gasteiger partial charge in [-0.25, -0.2) is 4.99 Å². The molecule has 0 amide bonds. The third-order valence-corrected chi connectivity index (χ3v) is 1.83. The van der Waals surface area contributed by atoms with E-state index in [-0.39, 0.29) is 11.8 Å². The molecule has 1 N–H and O–H groups in total. The summed E-state index contributed by atoms with van der Waals surface area (Å²) in [6.07, 6.45) is -1.53. The van der Waals surface area contributed by atoms with Gasteiger partial charge in [0.15, 0.2) is 5.82 Å². The van der Waals surface area contributed by atoms with Crippen molar-refractivity contribution in [3.63, 3.8) is 0 Å². The molecule has 0 aliphatic rings. The van der Waals surface area contributed by atoms with E-state index in [2.05, 4.69) is 25.5 Å². The topological polar surface area (TPSA) is 62.5 Å². The fourth-order valence-corrected chi connectivity index (χ4v) is 1.02. The van der Waals surface area contributed by atoms with Crippen LogP contribution in [0.2, 0.25) is 0 Å². The molecule has 0 spiro atoms. The quantitative estimate of drug-likeness (QED) is 0.655. The molecule has 1 rings (SSSR count). The Morgan fingerprint density at radius 1 is 1.50 bits per heavy atom. The molecule has 1 aromatic rings. The third kappa shape index (κ3) is 4.11. The summed E-state index contributed by atoms with van der Waals surface area (Å²) in [6.45, 7) is 1.88. The molecular formula is C10H12F3N5. The van der Waals surface area contributed by atoms with E-state index in [1.54, 1.807) is 6.21 Å².